The molecule has 5 heteroatoms. The SMILES string of the molecule is CCCCCCCCNC(=O)c1cnn2c(C)c(Cc3ccccc3)c(C)nc12. The van der Waals surface area contributed by atoms with Gasteiger partial charge in [0.1, 0.15) is 5.56 Å². The highest BCUT2D eigenvalue weighted by atomic mass is 16.1. The first-order valence-electron chi connectivity index (χ1n) is 10.8. The van der Waals surface area contributed by atoms with Gasteiger partial charge < -0.3 is 5.32 Å². The normalized spacial score (nSPS) is 11.1. The van der Waals surface area contributed by atoms with E-state index in [-0.39, 0.29) is 5.91 Å². The van der Waals surface area contributed by atoms with Gasteiger partial charge in [0.05, 0.1) is 6.20 Å². The number of nitrogens with one attached hydrogen (secondary N) is 1. The molecule has 5 nitrogen and oxygen atoms in total. The molecule has 0 atom stereocenters. The molecule has 3 aromatic rings. The van der Waals surface area contributed by atoms with Crippen LogP contribution in [0.2, 0.25) is 0 Å². The Bertz CT molecular complexity index is 946. The van der Waals surface area contributed by atoms with Gasteiger partial charge in [0.25, 0.3) is 5.91 Å². The number of hydrogen-bond donors (Lipinski definition) is 1. The highest BCUT2D eigenvalue weighted by molar-refractivity contribution is 5.99. The minimum atomic E-state index is -0.0873. The monoisotopic (exact) mass is 392 g/mol. The molecule has 0 unspecified atom stereocenters. The second-order valence-corrected chi connectivity index (χ2v) is 7.74. The summed E-state index contributed by atoms with van der Waals surface area (Å²) in [6.45, 7) is 6.98. The zero-order valence-corrected chi connectivity index (χ0v) is 17.9. The lowest BCUT2D eigenvalue weighted by Crippen LogP contribution is -2.24. The maximum Gasteiger partial charge on any atom is 0.256 e. The molecule has 0 spiro atoms. The molecule has 0 saturated carbocycles. The number of nitrogens with zero attached hydrogens (tertiary/aromatic N) is 3. The van der Waals surface area contributed by atoms with Crippen molar-refractivity contribution in [1.29, 1.82) is 0 Å². The molecular weight excluding hydrogens is 360 g/mol. The highest BCUT2D eigenvalue weighted by Gasteiger charge is 2.18. The third-order valence-electron chi connectivity index (χ3n) is 5.49. The number of aromatic nitrogens is 3. The first-order valence-corrected chi connectivity index (χ1v) is 10.8. The molecule has 1 aromatic carbocycles. The summed E-state index contributed by atoms with van der Waals surface area (Å²) >= 11 is 0. The van der Waals surface area contributed by atoms with E-state index in [1.165, 1.54) is 31.2 Å². The fraction of sp³-hybridized carbons (Fsp3) is 0.458. The number of rotatable bonds is 10. The van der Waals surface area contributed by atoms with Crippen molar-refractivity contribution in [2.24, 2.45) is 0 Å². The van der Waals surface area contributed by atoms with E-state index in [9.17, 15) is 4.79 Å². The van der Waals surface area contributed by atoms with Crippen molar-refractivity contribution in [2.75, 3.05) is 6.54 Å². The van der Waals surface area contributed by atoms with Gasteiger partial charge in [0, 0.05) is 24.4 Å². The van der Waals surface area contributed by atoms with Crippen LogP contribution in [-0.4, -0.2) is 27.0 Å². The number of benzene rings is 1. The first kappa shape index (κ1) is 21.0. The summed E-state index contributed by atoms with van der Waals surface area (Å²) in [6.07, 6.45) is 9.70. The summed E-state index contributed by atoms with van der Waals surface area (Å²) in [6, 6.07) is 10.4. The average Bonchev–Trinajstić information content (AvgIpc) is 3.15. The Hall–Kier alpha value is -2.69. The van der Waals surface area contributed by atoms with Crippen LogP contribution >= 0.6 is 0 Å². The van der Waals surface area contributed by atoms with E-state index in [1.54, 1.807) is 10.7 Å². The van der Waals surface area contributed by atoms with E-state index in [0.717, 1.165) is 36.2 Å². The molecule has 1 N–H and O–H groups in total. The molecule has 29 heavy (non-hydrogen) atoms. The van der Waals surface area contributed by atoms with Gasteiger partial charge in [-0.3, -0.25) is 4.79 Å². The van der Waals surface area contributed by atoms with Crippen LogP contribution in [0.1, 0.15) is 78.3 Å². The number of fused-ring (bicyclic) bond motifs is 1. The smallest absolute Gasteiger partial charge is 0.256 e. The highest BCUT2D eigenvalue weighted by Crippen LogP contribution is 2.20. The Morgan fingerprint density at radius 1 is 1.03 bits per heavy atom. The number of aryl methyl sites for hydroxylation is 2. The molecule has 0 aliphatic heterocycles. The van der Waals surface area contributed by atoms with Crippen molar-refractivity contribution in [1.82, 2.24) is 19.9 Å². The first-order chi connectivity index (χ1) is 14.1. The number of hydrogen-bond acceptors (Lipinski definition) is 3. The van der Waals surface area contributed by atoms with Gasteiger partial charge in [-0.2, -0.15) is 5.10 Å². The molecule has 0 aliphatic rings. The second kappa shape index (κ2) is 10.2. The van der Waals surface area contributed by atoms with Crippen molar-refractivity contribution >= 4 is 11.6 Å². The summed E-state index contributed by atoms with van der Waals surface area (Å²) in [4.78, 5) is 17.4. The zero-order chi connectivity index (χ0) is 20.6. The molecule has 1 amide bonds. The Kier molecular flexibility index (Phi) is 7.39. The average molecular weight is 393 g/mol. The minimum Gasteiger partial charge on any atom is -0.352 e. The van der Waals surface area contributed by atoms with Crippen LogP contribution in [0.4, 0.5) is 0 Å². The summed E-state index contributed by atoms with van der Waals surface area (Å²) in [5.41, 5.74) is 5.57. The van der Waals surface area contributed by atoms with Crippen LogP contribution in [0.15, 0.2) is 36.5 Å². The Labute approximate surface area is 173 Å². The Morgan fingerprint density at radius 3 is 2.52 bits per heavy atom. The van der Waals surface area contributed by atoms with Crippen LogP contribution in [0.25, 0.3) is 5.65 Å². The van der Waals surface area contributed by atoms with E-state index >= 15 is 0 Å². The zero-order valence-electron chi connectivity index (χ0n) is 17.9. The van der Waals surface area contributed by atoms with Crippen LogP contribution in [0.3, 0.4) is 0 Å². The van der Waals surface area contributed by atoms with E-state index in [1.807, 2.05) is 32.0 Å². The summed E-state index contributed by atoms with van der Waals surface area (Å²) in [5, 5.41) is 7.48. The van der Waals surface area contributed by atoms with E-state index in [0.29, 0.717) is 17.8 Å². The fourth-order valence-electron chi connectivity index (χ4n) is 3.73. The number of carbonyl (C=O) groups excluding carboxylic acids is 1. The van der Waals surface area contributed by atoms with Gasteiger partial charge in [-0.15, -0.1) is 0 Å². The molecule has 0 fully saturated rings. The third-order valence-corrected chi connectivity index (χ3v) is 5.49. The minimum absolute atomic E-state index is 0.0873. The van der Waals surface area contributed by atoms with Gasteiger partial charge in [-0.25, -0.2) is 9.50 Å². The molecule has 3 rings (SSSR count). The predicted octanol–water partition coefficient (Wildman–Crippen LogP) is 5.03. The summed E-state index contributed by atoms with van der Waals surface area (Å²) in [5.74, 6) is -0.0873. The molecule has 0 saturated heterocycles. The van der Waals surface area contributed by atoms with Gasteiger partial charge >= 0.3 is 0 Å². The van der Waals surface area contributed by atoms with E-state index < -0.39 is 0 Å². The Balaban J connectivity index is 1.68. The van der Waals surface area contributed by atoms with Crippen LogP contribution < -0.4 is 5.32 Å². The standard InChI is InChI=1S/C24H32N4O/c1-4-5-6-7-8-12-15-25-24(29)22-17-26-28-19(3)21(18(2)27-23(22)28)16-20-13-10-9-11-14-20/h9-11,13-14,17H,4-8,12,15-16H2,1-3H3,(H,25,29). The quantitative estimate of drug-likeness (QED) is 0.493. The predicted molar refractivity (Wildman–Crippen MR) is 117 cm³/mol. The second-order valence-electron chi connectivity index (χ2n) is 7.74. The van der Waals surface area contributed by atoms with Crippen LogP contribution in [0, 0.1) is 13.8 Å². The number of carbonyl (C=O) groups is 1. The lowest BCUT2D eigenvalue weighted by atomic mass is 10.0. The van der Waals surface area contributed by atoms with Gasteiger partial charge in [-0.1, -0.05) is 69.4 Å². The third kappa shape index (κ3) is 5.22. The maximum atomic E-state index is 12.6. The maximum absolute atomic E-state index is 12.6. The van der Waals surface area contributed by atoms with Gasteiger partial charge in [-0.05, 0) is 31.4 Å². The topological polar surface area (TPSA) is 59.3 Å². The number of amides is 1. The van der Waals surface area contributed by atoms with Crippen LogP contribution in [0.5, 0.6) is 0 Å². The molecular formula is C24H32N4O. The molecule has 2 heterocycles. The molecule has 0 radical (unpaired) electrons. The van der Waals surface area contributed by atoms with E-state index in [4.69, 9.17) is 4.98 Å². The van der Waals surface area contributed by atoms with Gasteiger partial charge in [0.15, 0.2) is 5.65 Å². The lowest BCUT2D eigenvalue weighted by Gasteiger charge is -2.12. The summed E-state index contributed by atoms with van der Waals surface area (Å²) < 4.78 is 1.80. The van der Waals surface area contributed by atoms with E-state index in [2.05, 4.69) is 29.5 Å². The molecule has 154 valence electrons. The molecule has 0 bridgehead atoms. The van der Waals surface area contributed by atoms with Crippen molar-refractivity contribution in [3.05, 3.63) is 64.6 Å². The van der Waals surface area contributed by atoms with Crippen molar-refractivity contribution < 1.29 is 4.79 Å². The van der Waals surface area contributed by atoms with Crippen LogP contribution in [-0.2, 0) is 6.42 Å². The Morgan fingerprint density at radius 2 is 1.76 bits per heavy atom. The summed E-state index contributed by atoms with van der Waals surface area (Å²) in [7, 11) is 0. The molecule has 2 aromatic heterocycles. The molecule has 0 aliphatic carbocycles. The largest absolute Gasteiger partial charge is 0.352 e. The van der Waals surface area contributed by atoms with Crippen molar-refractivity contribution in [2.45, 2.75) is 65.7 Å². The van der Waals surface area contributed by atoms with Gasteiger partial charge in [0.2, 0.25) is 0 Å². The number of unbranched alkanes of at least 4 members (excludes halogenated alkanes) is 5. The van der Waals surface area contributed by atoms with Crippen molar-refractivity contribution in [3.63, 3.8) is 0 Å². The fourth-order valence-corrected chi connectivity index (χ4v) is 3.73. The lowest BCUT2D eigenvalue weighted by molar-refractivity contribution is 0.0954. The van der Waals surface area contributed by atoms with Crippen molar-refractivity contribution in [3.8, 4) is 0 Å².